The molecule has 0 aliphatic heterocycles. The molecule has 4 nitrogen and oxygen atoms in total. The van der Waals surface area contributed by atoms with Crippen LogP contribution in [-0.4, -0.2) is 5.91 Å². The molecule has 23 heavy (non-hydrogen) atoms. The van der Waals surface area contributed by atoms with Gasteiger partial charge in [-0.15, -0.1) is 0 Å². The highest BCUT2D eigenvalue weighted by molar-refractivity contribution is 6.30. The Balaban J connectivity index is 1.81. The van der Waals surface area contributed by atoms with Gasteiger partial charge in [-0.3, -0.25) is 4.79 Å². The molecular formula is C18H11ClN2O2. The topological polar surface area (TPSA) is 66.0 Å². The Morgan fingerprint density at radius 2 is 1.78 bits per heavy atom. The van der Waals surface area contributed by atoms with Crippen molar-refractivity contribution in [1.29, 1.82) is 5.26 Å². The van der Waals surface area contributed by atoms with Crippen LogP contribution < -0.4 is 5.32 Å². The lowest BCUT2D eigenvalue weighted by Gasteiger charge is -2.04. The molecule has 1 aromatic heterocycles. The van der Waals surface area contributed by atoms with Crippen molar-refractivity contribution in [3.8, 4) is 17.4 Å². The first-order valence-corrected chi connectivity index (χ1v) is 7.21. The Hall–Kier alpha value is -3.03. The maximum atomic E-state index is 12.2. The summed E-state index contributed by atoms with van der Waals surface area (Å²) in [6.07, 6.45) is 0. The molecular weight excluding hydrogens is 312 g/mol. The lowest BCUT2D eigenvalue weighted by molar-refractivity contribution is 0.0997. The van der Waals surface area contributed by atoms with Crippen LogP contribution in [-0.2, 0) is 0 Å². The number of carbonyl (C=O) groups excluding carboxylic acids is 1. The second kappa shape index (κ2) is 6.39. The monoisotopic (exact) mass is 322 g/mol. The third-order valence-electron chi connectivity index (χ3n) is 3.25. The molecule has 0 atom stereocenters. The lowest BCUT2D eigenvalue weighted by Crippen LogP contribution is -2.11. The molecule has 5 heteroatoms. The molecule has 0 aliphatic carbocycles. The summed E-state index contributed by atoms with van der Waals surface area (Å²) >= 11 is 5.85. The van der Waals surface area contributed by atoms with Crippen LogP contribution in [0.1, 0.15) is 16.1 Å². The minimum Gasteiger partial charge on any atom is -0.451 e. The Morgan fingerprint density at radius 1 is 1.04 bits per heavy atom. The maximum Gasteiger partial charge on any atom is 0.291 e. The fourth-order valence-electron chi connectivity index (χ4n) is 2.10. The van der Waals surface area contributed by atoms with Crippen molar-refractivity contribution in [2.45, 2.75) is 0 Å². The first-order chi connectivity index (χ1) is 11.2. The van der Waals surface area contributed by atoms with Gasteiger partial charge in [-0.05, 0) is 48.5 Å². The molecule has 0 saturated heterocycles. The van der Waals surface area contributed by atoms with Gasteiger partial charge < -0.3 is 9.73 Å². The predicted molar refractivity (Wildman–Crippen MR) is 88.3 cm³/mol. The fourth-order valence-corrected chi connectivity index (χ4v) is 2.23. The van der Waals surface area contributed by atoms with Gasteiger partial charge in [-0.2, -0.15) is 5.26 Å². The SMILES string of the molecule is N#Cc1ccccc1NC(=O)c1ccc(-c2ccc(Cl)cc2)o1. The number of halogens is 1. The zero-order chi connectivity index (χ0) is 16.2. The van der Waals surface area contributed by atoms with Gasteiger partial charge >= 0.3 is 0 Å². The number of hydrogen-bond donors (Lipinski definition) is 1. The number of carbonyl (C=O) groups is 1. The average Bonchev–Trinajstić information content (AvgIpc) is 3.06. The second-order valence-electron chi connectivity index (χ2n) is 4.78. The minimum atomic E-state index is -0.409. The van der Waals surface area contributed by atoms with Crippen LogP contribution >= 0.6 is 11.6 Å². The summed E-state index contributed by atoms with van der Waals surface area (Å²) in [7, 11) is 0. The summed E-state index contributed by atoms with van der Waals surface area (Å²) in [5.74, 6) is 0.330. The zero-order valence-electron chi connectivity index (χ0n) is 11.9. The Kier molecular flexibility index (Phi) is 4.13. The number of amides is 1. The molecule has 0 aliphatic rings. The van der Waals surface area contributed by atoms with Crippen molar-refractivity contribution >= 4 is 23.2 Å². The molecule has 0 radical (unpaired) electrons. The smallest absolute Gasteiger partial charge is 0.291 e. The van der Waals surface area contributed by atoms with Crippen LogP contribution in [0.15, 0.2) is 65.1 Å². The first-order valence-electron chi connectivity index (χ1n) is 6.83. The van der Waals surface area contributed by atoms with E-state index in [1.54, 1.807) is 48.5 Å². The third kappa shape index (κ3) is 3.25. The Bertz CT molecular complexity index is 892. The van der Waals surface area contributed by atoms with Crippen LogP contribution in [0, 0.1) is 11.3 Å². The summed E-state index contributed by atoms with van der Waals surface area (Å²) in [6, 6.07) is 19.3. The lowest BCUT2D eigenvalue weighted by atomic mass is 10.2. The highest BCUT2D eigenvalue weighted by atomic mass is 35.5. The molecule has 1 heterocycles. The molecule has 0 fully saturated rings. The highest BCUT2D eigenvalue weighted by Crippen LogP contribution is 2.24. The predicted octanol–water partition coefficient (Wildman–Crippen LogP) is 4.72. The standard InChI is InChI=1S/C18H11ClN2O2/c19-14-7-5-12(6-8-14)16-9-10-17(23-16)18(22)21-15-4-2-1-3-13(15)11-20/h1-10H,(H,21,22). The number of benzene rings is 2. The number of furan rings is 1. The van der Waals surface area contributed by atoms with Gasteiger partial charge in [0.2, 0.25) is 0 Å². The summed E-state index contributed by atoms with van der Waals surface area (Å²) < 4.78 is 5.58. The summed E-state index contributed by atoms with van der Waals surface area (Å²) in [4.78, 5) is 12.2. The number of anilines is 1. The van der Waals surface area contributed by atoms with E-state index in [1.807, 2.05) is 18.2 Å². The largest absolute Gasteiger partial charge is 0.451 e. The molecule has 3 aromatic rings. The van der Waals surface area contributed by atoms with Crippen molar-refractivity contribution in [3.05, 3.63) is 77.0 Å². The van der Waals surface area contributed by atoms with E-state index in [1.165, 1.54) is 0 Å². The van der Waals surface area contributed by atoms with Crippen LogP contribution in [0.5, 0.6) is 0 Å². The molecule has 0 unspecified atom stereocenters. The van der Waals surface area contributed by atoms with E-state index < -0.39 is 5.91 Å². The molecule has 2 aromatic carbocycles. The van der Waals surface area contributed by atoms with Gasteiger partial charge in [0, 0.05) is 10.6 Å². The normalized spacial score (nSPS) is 10.1. The molecule has 1 amide bonds. The van der Waals surface area contributed by atoms with Crippen molar-refractivity contribution < 1.29 is 9.21 Å². The van der Waals surface area contributed by atoms with Crippen molar-refractivity contribution in [1.82, 2.24) is 0 Å². The van der Waals surface area contributed by atoms with E-state index in [9.17, 15) is 4.79 Å². The van der Waals surface area contributed by atoms with Crippen molar-refractivity contribution in [3.63, 3.8) is 0 Å². The van der Waals surface area contributed by atoms with Gasteiger partial charge in [0.05, 0.1) is 11.3 Å². The van der Waals surface area contributed by atoms with E-state index in [2.05, 4.69) is 5.32 Å². The van der Waals surface area contributed by atoms with E-state index >= 15 is 0 Å². The van der Waals surface area contributed by atoms with Crippen molar-refractivity contribution in [2.24, 2.45) is 0 Å². The third-order valence-corrected chi connectivity index (χ3v) is 3.51. The number of nitrogens with one attached hydrogen (secondary N) is 1. The Morgan fingerprint density at radius 3 is 2.52 bits per heavy atom. The van der Waals surface area contributed by atoms with E-state index in [0.29, 0.717) is 22.0 Å². The number of nitriles is 1. The number of para-hydroxylation sites is 1. The molecule has 3 rings (SSSR count). The molecule has 112 valence electrons. The summed E-state index contributed by atoms with van der Waals surface area (Å²) in [5.41, 5.74) is 1.67. The van der Waals surface area contributed by atoms with E-state index in [0.717, 1.165) is 5.56 Å². The van der Waals surface area contributed by atoms with Crippen LogP contribution in [0.2, 0.25) is 5.02 Å². The second-order valence-corrected chi connectivity index (χ2v) is 5.22. The minimum absolute atomic E-state index is 0.169. The van der Waals surface area contributed by atoms with Gasteiger partial charge in [-0.1, -0.05) is 23.7 Å². The first kappa shape index (κ1) is 14.9. The van der Waals surface area contributed by atoms with Gasteiger partial charge in [0.25, 0.3) is 5.91 Å². The molecule has 0 saturated carbocycles. The number of hydrogen-bond acceptors (Lipinski definition) is 3. The quantitative estimate of drug-likeness (QED) is 0.758. The summed E-state index contributed by atoms with van der Waals surface area (Å²) in [6.45, 7) is 0. The van der Waals surface area contributed by atoms with Crippen LogP contribution in [0.4, 0.5) is 5.69 Å². The fraction of sp³-hybridized carbons (Fsp3) is 0. The van der Waals surface area contributed by atoms with E-state index in [4.69, 9.17) is 21.3 Å². The number of nitrogens with zero attached hydrogens (tertiary/aromatic N) is 1. The van der Waals surface area contributed by atoms with Crippen molar-refractivity contribution in [2.75, 3.05) is 5.32 Å². The highest BCUT2D eigenvalue weighted by Gasteiger charge is 2.14. The van der Waals surface area contributed by atoms with Crippen LogP contribution in [0.25, 0.3) is 11.3 Å². The van der Waals surface area contributed by atoms with E-state index in [-0.39, 0.29) is 5.76 Å². The molecule has 0 bridgehead atoms. The maximum absolute atomic E-state index is 12.2. The number of rotatable bonds is 3. The van der Waals surface area contributed by atoms with Gasteiger partial charge in [0.1, 0.15) is 11.8 Å². The zero-order valence-corrected chi connectivity index (χ0v) is 12.7. The molecule has 1 N–H and O–H groups in total. The van der Waals surface area contributed by atoms with Gasteiger partial charge in [0.15, 0.2) is 5.76 Å². The van der Waals surface area contributed by atoms with Crippen LogP contribution in [0.3, 0.4) is 0 Å². The Labute approximate surface area is 137 Å². The average molecular weight is 323 g/mol. The van der Waals surface area contributed by atoms with Gasteiger partial charge in [-0.25, -0.2) is 0 Å². The summed E-state index contributed by atoms with van der Waals surface area (Å²) in [5, 5.41) is 12.3. The molecule has 0 spiro atoms.